The van der Waals surface area contributed by atoms with Crippen molar-refractivity contribution in [2.45, 2.75) is 12.8 Å². The Kier molecular flexibility index (Phi) is 5.58. The van der Waals surface area contributed by atoms with E-state index in [9.17, 15) is 9.50 Å². The van der Waals surface area contributed by atoms with Crippen LogP contribution in [-0.2, 0) is 12.8 Å². The summed E-state index contributed by atoms with van der Waals surface area (Å²) < 4.78 is 14.8. The fourth-order valence-corrected chi connectivity index (χ4v) is 2.80. The third kappa shape index (κ3) is 4.30. The number of halogens is 3. The number of aliphatic hydroxyl groups excluding tert-OH is 1. The zero-order valence-corrected chi connectivity index (χ0v) is 13.2. The number of rotatable bonds is 5. The molecule has 1 atom stereocenters. The predicted octanol–water partition coefficient (Wildman–Crippen LogP) is 4.64. The maximum atomic E-state index is 13.8. The van der Waals surface area contributed by atoms with E-state index in [1.165, 1.54) is 6.07 Å². The average Bonchev–Trinajstić information content (AvgIpc) is 2.41. The molecule has 0 aliphatic carbocycles. The summed E-state index contributed by atoms with van der Waals surface area (Å²) in [6.07, 6.45) is 1.20. The Bertz CT molecular complexity index is 588. The normalized spacial score (nSPS) is 12.4. The topological polar surface area (TPSA) is 20.2 Å². The highest BCUT2D eigenvalue weighted by molar-refractivity contribution is 9.10. The molecule has 0 radical (unpaired) electrons. The molecule has 0 spiro atoms. The van der Waals surface area contributed by atoms with Crippen molar-refractivity contribution in [3.05, 3.63) is 68.9 Å². The van der Waals surface area contributed by atoms with Crippen LogP contribution < -0.4 is 0 Å². The molecule has 0 fully saturated rings. The summed E-state index contributed by atoms with van der Waals surface area (Å²) in [5.41, 5.74) is 1.70. The van der Waals surface area contributed by atoms with Crippen molar-refractivity contribution in [2.75, 3.05) is 6.61 Å². The summed E-state index contributed by atoms with van der Waals surface area (Å²) in [6.45, 7) is 0.0224. The molecular formula is C16H15BrClFO. The van der Waals surface area contributed by atoms with Gasteiger partial charge in [-0.2, -0.15) is 0 Å². The van der Waals surface area contributed by atoms with Crippen molar-refractivity contribution < 1.29 is 9.50 Å². The largest absolute Gasteiger partial charge is 0.396 e. The van der Waals surface area contributed by atoms with E-state index in [0.717, 1.165) is 10.0 Å². The van der Waals surface area contributed by atoms with Gasteiger partial charge in [-0.3, -0.25) is 0 Å². The monoisotopic (exact) mass is 356 g/mol. The van der Waals surface area contributed by atoms with Crippen molar-refractivity contribution >= 4 is 27.5 Å². The van der Waals surface area contributed by atoms with Gasteiger partial charge < -0.3 is 5.11 Å². The Morgan fingerprint density at radius 2 is 1.95 bits per heavy atom. The summed E-state index contributed by atoms with van der Waals surface area (Å²) in [5, 5.41) is 9.89. The number of hydrogen-bond acceptors (Lipinski definition) is 1. The standard InChI is InChI=1S/C16H15BrClFO/c17-14-3-1-2-11(8-14)6-12(10-20)7-13-4-5-15(18)9-16(13)19/h1-5,8-9,12,20H,6-7,10H2. The van der Waals surface area contributed by atoms with Crippen LogP contribution in [0.25, 0.3) is 0 Å². The molecule has 4 heteroatoms. The molecule has 0 aromatic heterocycles. The van der Waals surface area contributed by atoms with Crippen molar-refractivity contribution in [3.8, 4) is 0 Å². The molecule has 0 amide bonds. The lowest BCUT2D eigenvalue weighted by Crippen LogP contribution is -2.13. The molecule has 2 aromatic carbocycles. The first-order valence-corrected chi connectivity index (χ1v) is 7.55. The van der Waals surface area contributed by atoms with Crippen LogP contribution in [0.15, 0.2) is 46.9 Å². The van der Waals surface area contributed by atoms with E-state index < -0.39 is 0 Å². The zero-order valence-electron chi connectivity index (χ0n) is 10.8. The second kappa shape index (κ2) is 7.21. The van der Waals surface area contributed by atoms with Crippen LogP contribution in [0.4, 0.5) is 4.39 Å². The van der Waals surface area contributed by atoms with Gasteiger partial charge in [0.25, 0.3) is 0 Å². The highest BCUT2D eigenvalue weighted by Crippen LogP contribution is 2.21. The Morgan fingerprint density at radius 1 is 1.15 bits per heavy atom. The predicted molar refractivity (Wildman–Crippen MR) is 83.5 cm³/mol. The van der Waals surface area contributed by atoms with Gasteiger partial charge in [-0.15, -0.1) is 0 Å². The first-order valence-electron chi connectivity index (χ1n) is 6.37. The summed E-state index contributed by atoms with van der Waals surface area (Å²) in [4.78, 5) is 0. The molecule has 0 aliphatic heterocycles. The van der Waals surface area contributed by atoms with E-state index >= 15 is 0 Å². The molecule has 0 heterocycles. The van der Waals surface area contributed by atoms with Crippen LogP contribution in [0.2, 0.25) is 5.02 Å². The van der Waals surface area contributed by atoms with E-state index in [4.69, 9.17) is 11.6 Å². The summed E-state index contributed by atoms with van der Waals surface area (Å²) >= 11 is 9.16. The minimum absolute atomic E-state index is 0.0139. The first-order chi connectivity index (χ1) is 9.58. The molecule has 2 aromatic rings. The van der Waals surface area contributed by atoms with E-state index in [1.54, 1.807) is 12.1 Å². The van der Waals surface area contributed by atoms with Crippen molar-refractivity contribution in [3.63, 3.8) is 0 Å². The fraction of sp³-hybridized carbons (Fsp3) is 0.250. The molecule has 0 aliphatic rings. The minimum atomic E-state index is -0.315. The Hall–Kier alpha value is -0.900. The van der Waals surface area contributed by atoms with Crippen molar-refractivity contribution in [2.24, 2.45) is 5.92 Å². The van der Waals surface area contributed by atoms with Crippen LogP contribution in [0, 0.1) is 11.7 Å². The SMILES string of the molecule is OCC(Cc1cccc(Br)c1)Cc1ccc(Cl)cc1F. The molecule has 2 rings (SSSR count). The molecular weight excluding hydrogens is 343 g/mol. The first kappa shape index (κ1) is 15.5. The van der Waals surface area contributed by atoms with Gasteiger partial charge in [0.2, 0.25) is 0 Å². The van der Waals surface area contributed by atoms with Crippen LogP contribution in [-0.4, -0.2) is 11.7 Å². The van der Waals surface area contributed by atoms with Gasteiger partial charge in [0.05, 0.1) is 0 Å². The third-order valence-corrected chi connectivity index (χ3v) is 3.92. The van der Waals surface area contributed by atoms with Crippen molar-refractivity contribution in [1.29, 1.82) is 0 Å². The number of aliphatic hydroxyl groups is 1. The zero-order chi connectivity index (χ0) is 14.5. The Morgan fingerprint density at radius 3 is 2.60 bits per heavy atom. The Balaban J connectivity index is 2.09. The van der Waals surface area contributed by atoms with E-state index in [1.807, 2.05) is 24.3 Å². The molecule has 106 valence electrons. The average molecular weight is 358 g/mol. The summed E-state index contributed by atoms with van der Waals surface area (Å²) in [6, 6.07) is 12.6. The smallest absolute Gasteiger partial charge is 0.127 e. The summed E-state index contributed by atoms with van der Waals surface area (Å²) in [5.74, 6) is -0.329. The van der Waals surface area contributed by atoms with Crippen LogP contribution in [0.3, 0.4) is 0 Å². The Labute approximate surface area is 131 Å². The van der Waals surface area contributed by atoms with Gasteiger partial charge in [-0.25, -0.2) is 4.39 Å². The molecule has 0 saturated heterocycles. The van der Waals surface area contributed by atoms with Gasteiger partial charge in [-0.1, -0.05) is 45.7 Å². The van der Waals surface area contributed by atoms with Gasteiger partial charge >= 0.3 is 0 Å². The maximum Gasteiger partial charge on any atom is 0.127 e. The number of hydrogen-bond donors (Lipinski definition) is 1. The lowest BCUT2D eigenvalue weighted by molar-refractivity contribution is 0.224. The molecule has 1 N–H and O–H groups in total. The van der Waals surface area contributed by atoms with Crippen LogP contribution in [0.5, 0.6) is 0 Å². The highest BCUT2D eigenvalue weighted by atomic mass is 79.9. The van der Waals surface area contributed by atoms with E-state index in [-0.39, 0.29) is 18.3 Å². The maximum absolute atomic E-state index is 13.8. The van der Waals surface area contributed by atoms with E-state index in [0.29, 0.717) is 23.4 Å². The minimum Gasteiger partial charge on any atom is -0.396 e. The van der Waals surface area contributed by atoms with Gasteiger partial charge in [0.15, 0.2) is 0 Å². The fourth-order valence-electron chi connectivity index (χ4n) is 2.20. The van der Waals surface area contributed by atoms with Crippen LogP contribution in [0.1, 0.15) is 11.1 Å². The van der Waals surface area contributed by atoms with Crippen LogP contribution >= 0.6 is 27.5 Å². The molecule has 0 saturated carbocycles. The lowest BCUT2D eigenvalue weighted by atomic mass is 9.93. The van der Waals surface area contributed by atoms with Gasteiger partial charge in [0.1, 0.15) is 5.82 Å². The molecule has 0 bridgehead atoms. The highest BCUT2D eigenvalue weighted by Gasteiger charge is 2.13. The molecule has 20 heavy (non-hydrogen) atoms. The molecule has 1 nitrogen and oxygen atoms in total. The lowest BCUT2D eigenvalue weighted by Gasteiger charge is -2.15. The van der Waals surface area contributed by atoms with E-state index in [2.05, 4.69) is 15.9 Å². The molecule has 1 unspecified atom stereocenters. The quantitative estimate of drug-likeness (QED) is 0.827. The van der Waals surface area contributed by atoms with Crippen molar-refractivity contribution in [1.82, 2.24) is 0 Å². The van der Waals surface area contributed by atoms with Gasteiger partial charge in [-0.05, 0) is 54.2 Å². The third-order valence-electron chi connectivity index (χ3n) is 3.20. The van der Waals surface area contributed by atoms with Gasteiger partial charge in [0, 0.05) is 16.1 Å². The number of benzene rings is 2. The second-order valence-corrected chi connectivity index (χ2v) is 6.17. The summed E-state index contributed by atoms with van der Waals surface area (Å²) in [7, 11) is 0. The second-order valence-electron chi connectivity index (χ2n) is 4.82.